The molecule has 1 aromatic carbocycles. The summed E-state index contributed by atoms with van der Waals surface area (Å²) in [6.07, 6.45) is 4.23. The lowest BCUT2D eigenvalue weighted by molar-refractivity contribution is -0.127. The van der Waals surface area contributed by atoms with Gasteiger partial charge in [-0.2, -0.15) is 0 Å². The second kappa shape index (κ2) is 10.8. The standard InChI is InChI=1S/C27H33FN4O4/c1-4-8-17-11-12-21-24-23(25(34)29-13-7-14-30(2)3)19(16-33)22(15-31(21)26(17)35)32(24)27(36)18-9-5-6-10-20(18)28/h4-6,8-12,19,22-24,33H,7,13-16H2,1-3H3,(H,29,34)/b8-4-/t19-,22-,23+,24+/m1/s1. The minimum Gasteiger partial charge on any atom is -0.396 e. The van der Waals surface area contributed by atoms with Crippen molar-refractivity contribution in [1.82, 2.24) is 19.7 Å². The van der Waals surface area contributed by atoms with Crippen molar-refractivity contribution in [1.29, 1.82) is 0 Å². The Labute approximate surface area is 210 Å². The van der Waals surface area contributed by atoms with Gasteiger partial charge < -0.3 is 24.8 Å². The first kappa shape index (κ1) is 25.8. The summed E-state index contributed by atoms with van der Waals surface area (Å²) in [5.41, 5.74) is 0.693. The van der Waals surface area contributed by atoms with Crippen molar-refractivity contribution in [3.8, 4) is 0 Å². The van der Waals surface area contributed by atoms with Crippen molar-refractivity contribution in [3.05, 3.63) is 75.5 Å². The lowest BCUT2D eigenvalue weighted by atomic mass is 9.86. The Morgan fingerprint density at radius 2 is 1.97 bits per heavy atom. The topological polar surface area (TPSA) is 94.9 Å². The highest BCUT2D eigenvalue weighted by molar-refractivity contribution is 5.96. The van der Waals surface area contributed by atoms with Gasteiger partial charge in [-0.1, -0.05) is 24.3 Å². The number of hydrogen-bond acceptors (Lipinski definition) is 5. The number of benzene rings is 1. The molecule has 2 aromatic rings. The largest absolute Gasteiger partial charge is 0.396 e. The van der Waals surface area contributed by atoms with Crippen molar-refractivity contribution < 1.29 is 19.1 Å². The van der Waals surface area contributed by atoms with E-state index in [9.17, 15) is 23.9 Å². The molecule has 36 heavy (non-hydrogen) atoms. The highest BCUT2D eigenvalue weighted by atomic mass is 19.1. The fourth-order valence-electron chi connectivity index (χ4n) is 5.51. The minimum atomic E-state index is -0.811. The molecule has 0 saturated carbocycles. The van der Waals surface area contributed by atoms with Crippen LogP contribution >= 0.6 is 0 Å². The number of carbonyl (C=O) groups excluding carboxylic acids is 2. The predicted octanol–water partition coefficient (Wildman–Crippen LogP) is 1.89. The van der Waals surface area contributed by atoms with Gasteiger partial charge in [0.25, 0.3) is 11.5 Å². The molecule has 0 spiro atoms. The smallest absolute Gasteiger partial charge is 0.258 e. The Morgan fingerprint density at radius 3 is 2.64 bits per heavy atom. The summed E-state index contributed by atoms with van der Waals surface area (Å²) < 4.78 is 16.2. The third-order valence-electron chi connectivity index (χ3n) is 7.14. The average Bonchev–Trinajstić information content (AvgIpc) is 3.10. The molecule has 1 aromatic heterocycles. The van der Waals surface area contributed by atoms with Crippen LogP contribution in [0.2, 0.25) is 0 Å². The van der Waals surface area contributed by atoms with Crippen molar-refractivity contribution >= 4 is 17.9 Å². The predicted molar refractivity (Wildman–Crippen MR) is 135 cm³/mol. The SMILES string of the molecule is C/C=C\c1ccc2n(c1=O)C[C@@H]1[C@@H](CO)[C@H](C(=O)NCCCN(C)C)[C@H]2N1C(=O)c1ccccc1F. The second-order valence-corrected chi connectivity index (χ2v) is 9.65. The van der Waals surface area contributed by atoms with Gasteiger partial charge in [0.15, 0.2) is 0 Å². The molecule has 1 fully saturated rings. The molecule has 0 aliphatic carbocycles. The van der Waals surface area contributed by atoms with Crippen LogP contribution in [-0.2, 0) is 11.3 Å². The fraction of sp³-hybridized carbons (Fsp3) is 0.444. The zero-order valence-electron chi connectivity index (χ0n) is 20.9. The van der Waals surface area contributed by atoms with Crippen LogP contribution < -0.4 is 10.9 Å². The third-order valence-corrected chi connectivity index (χ3v) is 7.14. The van der Waals surface area contributed by atoms with Gasteiger partial charge in [0.2, 0.25) is 5.91 Å². The number of nitrogens with zero attached hydrogens (tertiary/aromatic N) is 3. The highest BCUT2D eigenvalue weighted by Gasteiger charge is 2.57. The number of fused-ring (bicyclic) bond motifs is 4. The van der Waals surface area contributed by atoms with Gasteiger partial charge in [-0.3, -0.25) is 14.4 Å². The Kier molecular flexibility index (Phi) is 7.70. The van der Waals surface area contributed by atoms with E-state index in [1.165, 1.54) is 23.1 Å². The van der Waals surface area contributed by atoms with Gasteiger partial charge in [-0.05, 0) is 58.3 Å². The van der Waals surface area contributed by atoms with Crippen LogP contribution in [0.4, 0.5) is 4.39 Å². The molecule has 192 valence electrons. The van der Waals surface area contributed by atoms with E-state index >= 15 is 0 Å². The normalized spacial score (nSPS) is 22.8. The summed E-state index contributed by atoms with van der Waals surface area (Å²) in [7, 11) is 3.90. The van der Waals surface area contributed by atoms with Crippen LogP contribution in [-0.4, -0.2) is 71.1 Å². The van der Waals surface area contributed by atoms with E-state index < -0.39 is 35.6 Å². The van der Waals surface area contributed by atoms with Crippen LogP contribution in [0.15, 0.2) is 47.3 Å². The van der Waals surface area contributed by atoms with Crippen molar-refractivity contribution in [2.24, 2.45) is 11.8 Å². The summed E-state index contributed by atoms with van der Waals surface area (Å²) in [6, 6.07) is 7.71. The summed E-state index contributed by atoms with van der Waals surface area (Å²) in [5, 5.41) is 13.3. The number of halogens is 1. The van der Waals surface area contributed by atoms with E-state index in [0.717, 1.165) is 13.0 Å². The molecule has 2 aliphatic rings. The number of aliphatic hydroxyl groups excluding tert-OH is 1. The third kappa shape index (κ3) is 4.60. The number of rotatable bonds is 8. The Balaban J connectivity index is 1.78. The van der Waals surface area contributed by atoms with Crippen molar-refractivity contribution in [2.75, 3.05) is 33.8 Å². The van der Waals surface area contributed by atoms with Crippen molar-refractivity contribution in [3.63, 3.8) is 0 Å². The van der Waals surface area contributed by atoms with Gasteiger partial charge in [0.1, 0.15) is 5.82 Å². The molecule has 1 saturated heterocycles. The van der Waals surface area contributed by atoms with Crippen LogP contribution in [0.1, 0.15) is 41.0 Å². The fourth-order valence-corrected chi connectivity index (χ4v) is 5.51. The Morgan fingerprint density at radius 1 is 1.22 bits per heavy atom. The van der Waals surface area contributed by atoms with E-state index in [0.29, 0.717) is 17.8 Å². The molecule has 2 aliphatic heterocycles. The van der Waals surface area contributed by atoms with Crippen LogP contribution in [0, 0.1) is 17.7 Å². The maximum Gasteiger partial charge on any atom is 0.258 e. The lowest BCUT2D eigenvalue weighted by Gasteiger charge is -2.38. The molecule has 0 radical (unpaired) electrons. The maximum atomic E-state index is 14.6. The first-order valence-electron chi connectivity index (χ1n) is 12.3. The monoisotopic (exact) mass is 496 g/mol. The summed E-state index contributed by atoms with van der Waals surface area (Å²) in [5.74, 6) is -2.89. The van der Waals surface area contributed by atoms with Crippen LogP contribution in [0.3, 0.4) is 0 Å². The Bertz CT molecular complexity index is 1220. The van der Waals surface area contributed by atoms with E-state index in [4.69, 9.17) is 0 Å². The molecule has 2 N–H and O–H groups in total. The van der Waals surface area contributed by atoms with E-state index in [-0.39, 0.29) is 30.2 Å². The first-order chi connectivity index (χ1) is 17.3. The molecule has 2 amide bonds. The van der Waals surface area contributed by atoms with Gasteiger partial charge in [-0.25, -0.2) is 4.39 Å². The molecular formula is C27H33FN4O4. The van der Waals surface area contributed by atoms with Crippen molar-refractivity contribution in [2.45, 2.75) is 32.0 Å². The second-order valence-electron chi connectivity index (χ2n) is 9.65. The van der Waals surface area contributed by atoms with E-state index in [1.807, 2.05) is 25.9 Å². The zero-order valence-corrected chi connectivity index (χ0v) is 20.9. The summed E-state index contributed by atoms with van der Waals surface area (Å²) in [6.45, 7) is 2.83. The molecule has 4 rings (SSSR count). The number of allylic oxidation sites excluding steroid dienone is 1. The first-order valence-corrected chi connectivity index (χ1v) is 12.3. The molecular weight excluding hydrogens is 463 g/mol. The minimum absolute atomic E-state index is 0.0995. The van der Waals surface area contributed by atoms with Gasteiger partial charge >= 0.3 is 0 Å². The number of amides is 2. The number of nitrogens with one attached hydrogen (secondary N) is 1. The number of pyridine rings is 1. The summed E-state index contributed by atoms with van der Waals surface area (Å²) in [4.78, 5) is 43.9. The summed E-state index contributed by atoms with van der Waals surface area (Å²) >= 11 is 0. The highest BCUT2D eigenvalue weighted by Crippen LogP contribution is 2.49. The molecule has 4 atom stereocenters. The van der Waals surface area contributed by atoms with E-state index in [2.05, 4.69) is 5.32 Å². The molecule has 8 nitrogen and oxygen atoms in total. The molecule has 9 heteroatoms. The number of hydrogen-bond donors (Lipinski definition) is 2. The number of aromatic nitrogens is 1. The number of aliphatic hydroxyl groups is 1. The van der Waals surface area contributed by atoms with Gasteiger partial charge in [0, 0.05) is 36.9 Å². The Hall–Kier alpha value is -3.30. The molecule has 2 bridgehead atoms. The lowest BCUT2D eigenvalue weighted by Crippen LogP contribution is -2.49. The average molecular weight is 497 g/mol. The van der Waals surface area contributed by atoms with Crippen LogP contribution in [0.5, 0.6) is 0 Å². The van der Waals surface area contributed by atoms with Crippen LogP contribution in [0.25, 0.3) is 6.08 Å². The van der Waals surface area contributed by atoms with Gasteiger partial charge in [-0.15, -0.1) is 0 Å². The molecule has 0 unspecified atom stereocenters. The maximum absolute atomic E-state index is 14.6. The number of carbonyl (C=O) groups is 2. The van der Waals surface area contributed by atoms with Gasteiger partial charge in [0.05, 0.1) is 23.6 Å². The van der Waals surface area contributed by atoms with E-state index in [1.54, 1.807) is 34.9 Å². The zero-order chi connectivity index (χ0) is 26.0. The quantitative estimate of drug-likeness (QED) is 0.545. The molecule has 3 heterocycles.